The Morgan fingerprint density at radius 2 is 2.31 bits per heavy atom. The fourth-order valence-electron chi connectivity index (χ4n) is 1.35. The summed E-state index contributed by atoms with van der Waals surface area (Å²) in [7, 11) is 0. The van der Waals surface area contributed by atoms with Crippen LogP contribution in [-0.4, -0.2) is 20.2 Å². The van der Waals surface area contributed by atoms with Crippen LogP contribution < -0.4 is 0 Å². The van der Waals surface area contributed by atoms with Gasteiger partial charge in [0.15, 0.2) is 0 Å². The van der Waals surface area contributed by atoms with Gasteiger partial charge in [0.05, 0.1) is 18.2 Å². The molecular weight excluding hydrogens is 209 g/mol. The maximum absolute atomic E-state index is 12.9. The number of hydrogen-bond donors (Lipinski definition) is 0. The first kappa shape index (κ1) is 10.2. The predicted molar refractivity (Wildman–Crippen MR) is 52.8 cm³/mol. The molecule has 0 saturated heterocycles. The second-order valence-corrected chi connectivity index (χ2v) is 3.30. The van der Waals surface area contributed by atoms with E-state index >= 15 is 0 Å². The fraction of sp³-hybridized carbons (Fsp3) is 0.200. The Bertz CT molecular complexity index is 555. The zero-order chi connectivity index (χ0) is 11.5. The smallest absolute Gasteiger partial charge is 0.148 e. The summed E-state index contributed by atoms with van der Waals surface area (Å²) in [6.07, 6.45) is 0. The van der Waals surface area contributed by atoms with Gasteiger partial charge < -0.3 is 0 Å². The van der Waals surface area contributed by atoms with Crippen LogP contribution in [0.4, 0.5) is 4.39 Å². The Morgan fingerprint density at radius 3 is 2.94 bits per heavy atom. The van der Waals surface area contributed by atoms with Gasteiger partial charge in [-0.15, -0.1) is 5.10 Å². The molecule has 80 valence electrons. The van der Waals surface area contributed by atoms with Crippen molar-refractivity contribution in [1.29, 1.82) is 5.26 Å². The highest BCUT2D eigenvalue weighted by atomic mass is 19.1. The van der Waals surface area contributed by atoms with E-state index in [0.29, 0.717) is 23.5 Å². The number of rotatable bonds is 2. The van der Waals surface area contributed by atoms with Crippen molar-refractivity contribution in [2.24, 2.45) is 0 Å². The third kappa shape index (κ3) is 1.88. The largest absolute Gasteiger partial charge is 0.225 e. The minimum atomic E-state index is -0.422. The summed E-state index contributed by atoms with van der Waals surface area (Å²) in [6.45, 7) is 2.12. The first-order chi connectivity index (χ1) is 7.70. The number of nitriles is 1. The molecule has 2 aromatic rings. The summed E-state index contributed by atoms with van der Waals surface area (Å²) in [6, 6.07) is 6.03. The number of aryl methyl sites for hydroxylation is 1. The van der Waals surface area contributed by atoms with Gasteiger partial charge in [-0.2, -0.15) is 5.26 Å². The molecule has 0 aliphatic heterocycles. The SMILES string of the molecule is Cc1nnnn1Cc1ccc(F)cc1C#N. The minimum Gasteiger partial charge on any atom is -0.225 e. The zero-order valence-corrected chi connectivity index (χ0v) is 8.55. The van der Waals surface area contributed by atoms with Gasteiger partial charge in [0.1, 0.15) is 11.6 Å². The van der Waals surface area contributed by atoms with E-state index in [1.807, 2.05) is 6.07 Å². The first-order valence-corrected chi connectivity index (χ1v) is 4.62. The van der Waals surface area contributed by atoms with Crippen molar-refractivity contribution in [1.82, 2.24) is 20.2 Å². The van der Waals surface area contributed by atoms with Crippen LogP contribution in [-0.2, 0) is 6.54 Å². The molecule has 2 rings (SSSR count). The molecule has 0 bridgehead atoms. The predicted octanol–water partition coefficient (Wildman–Crippen LogP) is 1.04. The van der Waals surface area contributed by atoms with E-state index in [2.05, 4.69) is 15.5 Å². The van der Waals surface area contributed by atoms with Crippen molar-refractivity contribution in [3.05, 3.63) is 41.0 Å². The maximum Gasteiger partial charge on any atom is 0.148 e. The van der Waals surface area contributed by atoms with Crippen molar-refractivity contribution >= 4 is 0 Å². The van der Waals surface area contributed by atoms with Crippen LogP contribution in [0.2, 0.25) is 0 Å². The highest BCUT2D eigenvalue weighted by Gasteiger charge is 2.07. The molecular formula is C10H8FN5. The number of hydrogen-bond acceptors (Lipinski definition) is 4. The lowest BCUT2D eigenvalue weighted by molar-refractivity contribution is 0.616. The second kappa shape index (κ2) is 4.06. The molecule has 5 nitrogen and oxygen atoms in total. The van der Waals surface area contributed by atoms with Crippen LogP contribution in [0.25, 0.3) is 0 Å². The quantitative estimate of drug-likeness (QED) is 0.753. The van der Waals surface area contributed by atoms with Crippen molar-refractivity contribution in [3.63, 3.8) is 0 Å². The number of halogens is 1. The van der Waals surface area contributed by atoms with Gasteiger partial charge >= 0.3 is 0 Å². The van der Waals surface area contributed by atoms with E-state index in [0.717, 1.165) is 0 Å². The summed E-state index contributed by atoms with van der Waals surface area (Å²) >= 11 is 0. The molecule has 0 radical (unpaired) electrons. The Labute approximate surface area is 91.1 Å². The third-order valence-corrected chi connectivity index (χ3v) is 2.22. The van der Waals surface area contributed by atoms with Crippen LogP contribution in [0.3, 0.4) is 0 Å². The van der Waals surface area contributed by atoms with Crippen molar-refractivity contribution < 1.29 is 4.39 Å². The maximum atomic E-state index is 12.9. The summed E-state index contributed by atoms with van der Waals surface area (Å²) in [5.74, 6) is 0.224. The molecule has 0 aliphatic rings. The molecule has 1 heterocycles. The molecule has 0 atom stereocenters. The van der Waals surface area contributed by atoms with Gasteiger partial charge in [-0.1, -0.05) is 6.07 Å². The minimum absolute atomic E-state index is 0.301. The standard InChI is InChI=1S/C10H8FN5/c1-7-13-14-15-16(7)6-8-2-3-10(11)4-9(8)5-12/h2-4H,6H2,1H3. The lowest BCUT2D eigenvalue weighted by atomic mass is 10.1. The topological polar surface area (TPSA) is 67.4 Å². The molecule has 0 N–H and O–H groups in total. The normalized spacial score (nSPS) is 10.1. The number of tetrazole rings is 1. The van der Waals surface area contributed by atoms with Crippen molar-refractivity contribution in [2.75, 3.05) is 0 Å². The Hall–Kier alpha value is -2.29. The Balaban J connectivity index is 2.36. The van der Waals surface area contributed by atoms with Gasteiger partial charge in [-0.25, -0.2) is 9.07 Å². The van der Waals surface area contributed by atoms with E-state index in [-0.39, 0.29) is 0 Å². The van der Waals surface area contributed by atoms with Crippen molar-refractivity contribution in [2.45, 2.75) is 13.5 Å². The van der Waals surface area contributed by atoms with Gasteiger partial charge in [-0.05, 0) is 35.0 Å². The number of nitrogens with zero attached hydrogens (tertiary/aromatic N) is 5. The Kier molecular flexibility index (Phi) is 2.60. The van der Waals surface area contributed by atoms with Crippen LogP contribution in [0.15, 0.2) is 18.2 Å². The Morgan fingerprint density at radius 1 is 1.50 bits per heavy atom. The van der Waals surface area contributed by atoms with Crippen LogP contribution in [0.5, 0.6) is 0 Å². The molecule has 16 heavy (non-hydrogen) atoms. The number of benzene rings is 1. The van der Waals surface area contributed by atoms with Gasteiger partial charge in [0.25, 0.3) is 0 Å². The summed E-state index contributed by atoms with van der Waals surface area (Å²) in [5, 5.41) is 19.9. The average Bonchev–Trinajstić information content (AvgIpc) is 2.67. The van der Waals surface area contributed by atoms with Crippen LogP contribution in [0.1, 0.15) is 17.0 Å². The molecule has 0 amide bonds. The summed E-state index contributed by atoms with van der Waals surface area (Å²) in [5.41, 5.74) is 0.995. The van der Waals surface area contributed by atoms with E-state index in [1.54, 1.807) is 17.7 Å². The number of aromatic nitrogens is 4. The summed E-state index contributed by atoms with van der Waals surface area (Å²) in [4.78, 5) is 0. The fourth-order valence-corrected chi connectivity index (χ4v) is 1.35. The van der Waals surface area contributed by atoms with Crippen LogP contribution >= 0.6 is 0 Å². The molecule has 0 spiro atoms. The molecule has 0 saturated carbocycles. The highest BCUT2D eigenvalue weighted by molar-refractivity contribution is 5.37. The molecule has 0 fully saturated rings. The zero-order valence-electron chi connectivity index (χ0n) is 8.55. The third-order valence-electron chi connectivity index (χ3n) is 2.22. The van der Waals surface area contributed by atoms with Crippen LogP contribution in [0, 0.1) is 24.1 Å². The van der Waals surface area contributed by atoms with Gasteiger partial charge in [0.2, 0.25) is 0 Å². The molecule has 1 aromatic carbocycles. The van der Waals surface area contributed by atoms with E-state index in [1.165, 1.54) is 12.1 Å². The first-order valence-electron chi connectivity index (χ1n) is 4.62. The summed E-state index contributed by atoms with van der Waals surface area (Å²) < 4.78 is 14.4. The molecule has 0 aliphatic carbocycles. The lowest BCUT2D eigenvalue weighted by Crippen LogP contribution is -2.06. The van der Waals surface area contributed by atoms with Crippen molar-refractivity contribution in [3.8, 4) is 6.07 Å². The molecule has 0 unspecified atom stereocenters. The van der Waals surface area contributed by atoms with E-state index in [4.69, 9.17) is 5.26 Å². The molecule has 6 heteroatoms. The van der Waals surface area contributed by atoms with E-state index in [9.17, 15) is 4.39 Å². The highest BCUT2D eigenvalue weighted by Crippen LogP contribution is 2.11. The van der Waals surface area contributed by atoms with E-state index < -0.39 is 5.82 Å². The molecule has 1 aromatic heterocycles. The average molecular weight is 217 g/mol. The van der Waals surface area contributed by atoms with Gasteiger partial charge in [0, 0.05) is 0 Å². The van der Waals surface area contributed by atoms with Gasteiger partial charge in [-0.3, -0.25) is 0 Å². The lowest BCUT2D eigenvalue weighted by Gasteiger charge is -2.04. The second-order valence-electron chi connectivity index (χ2n) is 3.30. The monoisotopic (exact) mass is 217 g/mol.